The topological polar surface area (TPSA) is 72.8 Å². The van der Waals surface area contributed by atoms with Crippen molar-refractivity contribution < 1.29 is 23.5 Å². The van der Waals surface area contributed by atoms with Crippen molar-refractivity contribution in [3.63, 3.8) is 0 Å². The molecule has 2 aromatic carbocycles. The highest BCUT2D eigenvalue weighted by molar-refractivity contribution is 6.32. The van der Waals surface area contributed by atoms with Crippen molar-refractivity contribution in [2.75, 3.05) is 31.0 Å². The van der Waals surface area contributed by atoms with Gasteiger partial charge in [0.1, 0.15) is 23.0 Å². The van der Waals surface area contributed by atoms with Crippen LogP contribution in [0, 0.1) is 5.82 Å². The molecule has 1 saturated heterocycles. The number of aryl methyl sites for hydroxylation is 1. The number of amides is 2. The predicted molar refractivity (Wildman–Crippen MR) is 117 cm³/mol. The third kappa shape index (κ3) is 3.57. The SMILES string of the molecule is COc1cc(OC)c(NC(=O)c2c(N3CCCC3=O)c3cc(F)ccc3n2C)cc1Cl. The van der Waals surface area contributed by atoms with Crippen LogP contribution in [0.2, 0.25) is 5.02 Å². The molecule has 0 aliphatic carbocycles. The number of benzene rings is 2. The Bertz CT molecular complexity index is 1210. The molecule has 162 valence electrons. The monoisotopic (exact) mass is 445 g/mol. The number of ether oxygens (including phenoxy) is 2. The average Bonchev–Trinajstić information content (AvgIpc) is 3.28. The maximum absolute atomic E-state index is 14.0. The summed E-state index contributed by atoms with van der Waals surface area (Å²) in [6, 6.07) is 7.36. The van der Waals surface area contributed by atoms with Gasteiger partial charge in [0, 0.05) is 31.5 Å². The van der Waals surface area contributed by atoms with Gasteiger partial charge in [0.2, 0.25) is 5.91 Å². The van der Waals surface area contributed by atoms with Crippen molar-refractivity contribution >= 4 is 45.7 Å². The van der Waals surface area contributed by atoms with Crippen LogP contribution in [-0.4, -0.2) is 37.1 Å². The molecule has 4 rings (SSSR count). The largest absolute Gasteiger partial charge is 0.495 e. The van der Waals surface area contributed by atoms with E-state index in [-0.39, 0.29) is 11.6 Å². The number of halogens is 2. The Hall–Kier alpha value is -3.26. The summed E-state index contributed by atoms with van der Waals surface area (Å²) in [5, 5.41) is 3.61. The summed E-state index contributed by atoms with van der Waals surface area (Å²) >= 11 is 6.22. The Labute approximate surface area is 183 Å². The molecule has 31 heavy (non-hydrogen) atoms. The zero-order valence-electron chi connectivity index (χ0n) is 17.3. The van der Waals surface area contributed by atoms with Gasteiger partial charge in [-0.15, -0.1) is 0 Å². The summed E-state index contributed by atoms with van der Waals surface area (Å²) in [7, 11) is 4.65. The first kappa shape index (κ1) is 21.0. The van der Waals surface area contributed by atoms with E-state index >= 15 is 0 Å². The van der Waals surface area contributed by atoms with Gasteiger partial charge in [-0.3, -0.25) is 9.59 Å². The fraction of sp³-hybridized carbons (Fsp3) is 0.273. The summed E-state index contributed by atoms with van der Waals surface area (Å²) < 4.78 is 26.3. The second-order valence-corrected chi connectivity index (χ2v) is 7.61. The number of methoxy groups -OCH3 is 2. The summed E-state index contributed by atoms with van der Waals surface area (Å²) in [5.74, 6) is -0.260. The maximum Gasteiger partial charge on any atom is 0.274 e. The fourth-order valence-corrected chi connectivity index (χ4v) is 4.19. The van der Waals surface area contributed by atoms with Gasteiger partial charge in [-0.25, -0.2) is 4.39 Å². The van der Waals surface area contributed by atoms with E-state index in [2.05, 4.69) is 5.32 Å². The van der Waals surface area contributed by atoms with Gasteiger partial charge < -0.3 is 24.3 Å². The van der Waals surface area contributed by atoms with Crippen LogP contribution < -0.4 is 19.7 Å². The van der Waals surface area contributed by atoms with Gasteiger partial charge in [0.05, 0.1) is 36.1 Å². The van der Waals surface area contributed by atoms with E-state index in [0.717, 1.165) is 0 Å². The van der Waals surface area contributed by atoms with Gasteiger partial charge in [0.25, 0.3) is 5.91 Å². The van der Waals surface area contributed by atoms with E-state index in [1.807, 2.05) is 0 Å². The van der Waals surface area contributed by atoms with Crippen LogP contribution in [0.4, 0.5) is 15.8 Å². The summed E-state index contributed by atoms with van der Waals surface area (Å²) in [6.45, 7) is 0.465. The first-order valence-electron chi connectivity index (χ1n) is 9.67. The molecule has 1 N–H and O–H groups in total. The number of hydrogen-bond donors (Lipinski definition) is 1. The third-order valence-corrected chi connectivity index (χ3v) is 5.71. The molecule has 9 heteroatoms. The molecule has 1 aromatic heterocycles. The lowest BCUT2D eigenvalue weighted by Gasteiger charge is -2.18. The number of carbonyl (C=O) groups excluding carboxylic acids is 2. The normalized spacial score (nSPS) is 13.7. The lowest BCUT2D eigenvalue weighted by molar-refractivity contribution is -0.117. The van der Waals surface area contributed by atoms with Crippen LogP contribution in [0.15, 0.2) is 30.3 Å². The molecule has 2 heterocycles. The number of nitrogens with zero attached hydrogens (tertiary/aromatic N) is 2. The third-order valence-electron chi connectivity index (χ3n) is 5.42. The van der Waals surface area contributed by atoms with E-state index in [4.69, 9.17) is 21.1 Å². The molecule has 0 atom stereocenters. The van der Waals surface area contributed by atoms with Crippen molar-refractivity contribution in [3.8, 4) is 11.5 Å². The Morgan fingerprint density at radius 2 is 1.90 bits per heavy atom. The fourth-order valence-electron chi connectivity index (χ4n) is 3.95. The molecular weight excluding hydrogens is 425 g/mol. The van der Waals surface area contributed by atoms with Gasteiger partial charge >= 0.3 is 0 Å². The van der Waals surface area contributed by atoms with Crippen LogP contribution in [0.1, 0.15) is 23.3 Å². The molecule has 1 aliphatic heterocycles. The molecule has 1 aliphatic rings. The zero-order chi connectivity index (χ0) is 22.3. The van der Waals surface area contributed by atoms with Crippen LogP contribution in [0.5, 0.6) is 11.5 Å². The van der Waals surface area contributed by atoms with Crippen molar-refractivity contribution in [2.24, 2.45) is 7.05 Å². The molecule has 7 nitrogen and oxygen atoms in total. The molecule has 2 amide bonds. The van der Waals surface area contributed by atoms with E-state index in [1.54, 1.807) is 28.6 Å². The number of hydrogen-bond acceptors (Lipinski definition) is 4. The van der Waals surface area contributed by atoms with Crippen LogP contribution in [-0.2, 0) is 11.8 Å². The number of carbonyl (C=O) groups is 2. The Morgan fingerprint density at radius 1 is 1.16 bits per heavy atom. The van der Waals surface area contributed by atoms with Crippen LogP contribution in [0.25, 0.3) is 10.9 Å². The molecule has 0 radical (unpaired) electrons. The molecule has 0 saturated carbocycles. The number of anilines is 2. The number of aromatic nitrogens is 1. The van der Waals surface area contributed by atoms with Gasteiger partial charge in [-0.05, 0) is 30.7 Å². The highest BCUT2D eigenvalue weighted by Crippen LogP contribution is 2.39. The molecule has 1 fully saturated rings. The lowest BCUT2D eigenvalue weighted by atomic mass is 10.2. The summed E-state index contributed by atoms with van der Waals surface area (Å²) in [4.78, 5) is 27.5. The molecule has 0 spiro atoms. The average molecular weight is 446 g/mol. The minimum absolute atomic E-state index is 0.101. The number of fused-ring (bicyclic) bond motifs is 1. The molecule has 3 aromatic rings. The molecule has 0 bridgehead atoms. The van der Waals surface area contributed by atoms with E-state index in [0.29, 0.717) is 58.2 Å². The van der Waals surface area contributed by atoms with Crippen molar-refractivity contribution in [1.82, 2.24) is 4.57 Å². The van der Waals surface area contributed by atoms with Crippen molar-refractivity contribution in [1.29, 1.82) is 0 Å². The minimum Gasteiger partial charge on any atom is -0.495 e. The number of nitrogens with one attached hydrogen (secondary N) is 1. The van der Waals surface area contributed by atoms with E-state index in [9.17, 15) is 14.0 Å². The van der Waals surface area contributed by atoms with Gasteiger partial charge in [0.15, 0.2) is 0 Å². The Morgan fingerprint density at radius 3 is 2.55 bits per heavy atom. The second-order valence-electron chi connectivity index (χ2n) is 7.21. The zero-order valence-corrected chi connectivity index (χ0v) is 18.0. The summed E-state index contributed by atoms with van der Waals surface area (Å²) in [6.07, 6.45) is 1.06. The minimum atomic E-state index is -0.478. The summed E-state index contributed by atoms with van der Waals surface area (Å²) in [5.41, 5.74) is 1.62. The standard InChI is InChI=1S/C22H21ClFN3O4/c1-26-16-7-6-12(24)9-13(16)20(27-8-4-5-19(27)28)21(26)22(29)25-15-10-14(23)17(30-2)11-18(15)31-3/h6-7,9-11H,4-5,8H2,1-3H3,(H,25,29). The first-order chi connectivity index (χ1) is 14.8. The Balaban J connectivity index is 1.84. The highest BCUT2D eigenvalue weighted by Gasteiger charge is 2.31. The molecular formula is C22H21ClFN3O4. The van der Waals surface area contributed by atoms with Gasteiger partial charge in [-0.2, -0.15) is 0 Å². The predicted octanol–water partition coefficient (Wildman–Crippen LogP) is 4.37. The van der Waals surface area contributed by atoms with Gasteiger partial charge in [-0.1, -0.05) is 11.6 Å². The maximum atomic E-state index is 14.0. The van der Waals surface area contributed by atoms with E-state index < -0.39 is 11.7 Å². The van der Waals surface area contributed by atoms with Crippen LogP contribution >= 0.6 is 11.6 Å². The number of rotatable bonds is 5. The first-order valence-corrected chi connectivity index (χ1v) is 10.0. The molecule has 0 unspecified atom stereocenters. The van der Waals surface area contributed by atoms with E-state index in [1.165, 1.54) is 32.4 Å². The van der Waals surface area contributed by atoms with Crippen molar-refractivity contribution in [3.05, 3.63) is 46.9 Å². The lowest BCUT2D eigenvalue weighted by Crippen LogP contribution is -2.27. The second kappa shape index (κ2) is 8.11. The van der Waals surface area contributed by atoms with Crippen LogP contribution in [0.3, 0.4) is 0 Å². The Kier molecular flexibility index (Phi) is 5.49. The quantitative estimate of drug-likeness (QED) is 0.633. The smallest absolute Gasteiger partial charge is 0.274 e. The highest BCUT2D eigenvalue weighted by atomic mass is 35.5. The van der Waals surface area contributed by atoms with Crippen molar-refractivity contribution in [2.45, 2.75) is 12.8 Å².